The lowest BCUT2D eigenvalue weighted by molar-refractivity contribution is -0.139. The molecule has 0 radical (unpaired) electrons. The van der Waals surface area contributed by atoms with Crippen LogP contribution in [0, 0.1) is 11.7 Å². The zero-order valence-corrected chi connectivity index (χ0v) is 18.0. The van der Waals surface area contributed by atoms with Crippen molar-refractivity contribution in [2.75, 3.05) is 50.8 Å². The van der Waals surface area contributed by atoms with Crippen molar-refractivity contribution in [2.24, 2.45) is 5.92 Å². The van der Waals surface area contributed by atoms with Crippen molar-refractivity contribution in [1.82, 2.24) is 9.80 Å². The van der Waals surface area contributed by atoms with Gasteiger partial charge >= 0.3 is 0 Å². The number of carbonyl (C=O) groups excluding carboxylic acids is 2. The molecule has 2 fully saturated rings. The number of ether oxygens (including phenoxy) is 1. The molecule has 162 valence electrons. The third-order valence-corrected chi connectivity index (χ3v) is 5.42. The summed E-state index contributed by atoms with van der Waals surface area (Å²) in [6.45, 7) is 9.14. The fraction of sp³-hybridized carbons (Fsp3) is 0.619. The van der Waals surface area contributed by atoms with Crippen molar-refractivity contribution in [3.63, 3.8) is 0 Å². The van der Waals surface area contributed by atoms with Crippen LogP contribution in [0.5, 0.6) is 5.75 Å². The molecule has 8 heteroatoms. The molecule has 0 aliphatic carbocycles. The molecule has 3 rings (SSSR count). The van der Waals surface area contributed by atoms with Gasteiger partial charge in [-0.15, -0.1) is 12.4 Å². The number of hydrogen-bond acceptors (Lipinski definition) is 5. The average molecular weight is 428 g/mol. The van der Waals surface area contributed by atoms with Crippen LogP contribution in [-0.2, 0) is 9.59 Å². The van der Waals surface area contributed by atoms with E-state index < -0.39 is 0 Å². The van der Waals surface area contributed by atoms with Gasteiger partial charge in [-0.05, 0) is 31.5 Å². The van der Waals surface area contributed by atoms with Crippen molar-refractivity contribution >= 4 is 29.9 Å². The molecule has 6 nitrogen and oxygen atoms in total. The van der Waals surface area contributed by atoms with Gasteiger partial charge in [0.25, 0.3) is 0 Å². The third kappa shape index (κ3) is 5.82. The zero-order chi connectivity index (χ0) is 20.1. The Labute approximate surface area is 178 Å². The van der Waals surface area contributed by atoms with E-state index in [9.17, 15) is 14.0 Å². The first-order valence-corrected chi connectivity index (χ1v) is 10.2. The van der Waals surface area contributed by atoms with Crippen molar-refractivity contribution in [1.29, 1.82) is 0 Å². The van der Waals surface area contributed by atoms with Gasteiger partial charge in [-0.1, -0.05) is 13.8 Å². The van der Waals surface area contributed by atoms with Crippen LogP contribution in [0.1, 0.15) is 33.1 Å². The SMILES string of the molecule is CCCOc1ccc(F)cc1N1CCN(CCCN2C(=O)CC(C)C2=O)CC1.Cl. The molecule has 0 bridgehead atoms. The van der Waals surface area contributed by atoms with E-state index in [1.54, 1.807) is 12.1 Å². The highest BCUT2D eigenvalue weighted by molar-refractivity contribution is 6.03. The Hall–Kier alpha value is -1.86. The summed E-state index contributed by atoms with van der Waals surface area (Å²) in [7, 11) is 0. The van der Waals surface area contributed by atoms with Gasteiger partial charge in [0, 0.05) is 51.1 Å². The first kappa shape index (κ1) is 23.4. The Kier molecular flexibility index (Phi) is 8.71. The Morgan fingerprint density at radius 3 is 2.48 bits per heavy atom. The van der Waals surface area contributed by atoms with E-state index in [1.165, 1.54) is 11.0 Å². The normalized spacial score (nSPS) is 20.2. The standard InChI is InChI=1S/C21H30FN3O3.ClH/c1-3-13-28-19-6-5-17(22)15-18(19)24-11-9-23(10-12-24)7-4-8-25-20(26)14-16(2)21(25)27;/h5-6,15-16H,3-4,7-14H2,1-2H3;1H. The van der Waals surface area contributed by atoms with E-state index in [0.717, 1.165) is 57.0 Å². The quantitative estimate of drug-likeness (QED) is 0.597. The second-order valence-corrected chi connectivity index (χ2v) is 7.63. The second-order valence-electron chi connectivity index (χ2n) is 7.63. The van der Waals surface area contributed by atoms with Crippen molar-refractivity contribution in [3.05, 3.63) is 24.0 Å². The summed E-state index contributed by atoms with van der Waals surface area (Å²) >= 11 is 0. The van der Waals surface area contributed by atoms with Gasteiger partial charge in [-0.2, -0.15) is 0 Å². The molecule has 0 N–H and O–H groups in total. The minimum Gasteiger partial charge on any atom is -0.491 e. The van der Waals surface area contributed by atoms with Gasteiger partial charge in [-0.3, -0.25) is 19.4 Å². The molecule has 1 aromatic carbocycles. The van der Waals surface area contributed by atoms with Crippen LogP contribution in [0.3, 0.4) is 0 Å². The van der Waals surface area contributed by atoms with Crippen LogP contribution < -0.4 is 9.64 Å². The maximum atomic E-state index is 13.8. The van der Waals surface area contributed by atoms with Crippen LogP contribution in [0.25, 0.3) is 0 Å². The minimum absolute atomic E-state index is 0. The van der Waals surface area contributed by atoms with E-state index in [-0.39, 0.29) is 36.0 Å². The Morgan fingerprint density at radius 1 is 1.14 bits per heavy atom. The van der Waals surface area contributed by atoms with Crippen LogP contribution in [0.4, 0.5) is 10.1 Å². The molecule has 1 atom stereocenters. The van der Waals surface area contributed by atoms with Gasteiger partial charge in [0.15, 0.2) is 0 Å². The molecule has 0 saturated carbocycles. The lowest BCUT2D eigenvalue weighted by Gasteiger charge is -2.37. The predicted molar refractivity (Wildman–Crippen MR) is 113 cm³/mol. The molecule has 2 aliphatic rings. The summed E-state index contributed by atoms with van der Waals surface area (Å²) in [4.78, 5) is 29.7. The Morgan fingerprint density at radius 2 is 1.86 bits per heavy atom. The van der Waals surface area contributed by atoms with Gasteiger partial charge < -0.3 is 9.64 Å². The summed E-state index contributed by atoms with van der Waals surface area (Å²) in [6, 6.07) is 4.69. The van der Waals surface area contributed by atoms with Crippen LogP contribution in [0.2, 0.25) is 0 Å². The third-order valence-electron chi connectivity index (χ3n) is 5.42. The second kappa shape index (κ2) is 10.8. The number of carbonyl (C=O) groups is 2. The van der Waals surface area contributed by atoms with Crippen molar-refractivity contribution in [3.8, 4) is 5.75 Å². The highest BCUT2D eigenvalue weighted by atomic mass is 35.5. The summed E-state index contributed by atoms with van der Waals surface area (Å²) < 4.78 is 19.5. The molecule has 29 heavy (non-hydrogen) atoms. The van der Waals surface area contributed by atoms with Gasteiger partial charge in [0.1, 0.15) is 11.6 Å². The monoisotopic (exact) mass is 427 g/mol. The van der Waals surface area contributed by atoms with Gasteiger partial charge in [0.05, 0.1) is 12.3 Å². The molecular formula is C21H31ClFN3O3. The summed E-state index contributed by atoms with van der Waals surface area (Å²) in [5.74, 6) is 0.215. The van der Waals surface area contributed by atoms with Crippen molar-refractivity contribution < 1.29 is 18.7 Å². The molecule has 2 amide bonds. The average Bonchev–Trinajstić information content (AvgIpc) is 2.93. The maximum absolute atomic E-state index is 13.8. The largest absolute Gasteiger partial charge is 0.491 e. The lowest BCUT2D eigenvalue weighted by Crippen LogP contribution is -2.47. The molecule has 2 saturated heterocycles. The number of rotatable bonds is 8. The zero-order valence-electron chi connectivity index (χ0n) is 17.2. The first-order chi connectivity index (χ1) is 13.5. The topological polar surface area (TPSA) is 53.1 Å². The summed E-state index contributed by atoms with van der Waals surface area (Å²) in [6.07, 6.45) is 2.04. The number of halogens is 2. The molecule has 2 heterocycles. The fourth-order valence-corrected chi connectivity index (χ4v) is 3.82. The highest BCUT2D eigenvalue weighted by Crippen LogP contribution is 2.30. The molecule has 0 spiro atoms. The number of nitrogens with zero attached hydrogens (tertiary/aromatic N) is 3. The number of anilines is 1. The summed E-state index contributed by atoms with van der Waals surface area (Å²) in [5, 5.41) is 0. The first-order valence-electron chi connectivity index (χ1n) is 10.2. The molecule has 1 unspecified atom stereocenters. The fourth-order valence-electron chi connectivity index (χ4n) is 3.82. The van der Waals surface area contributed by atoms with Crippen LogP contribution in [-0.4, -0.2) is 67.5 Å². The number of hydrogen-bond donors (Lipinski definition) is 0. The van der Waals surface area contributed by atoms with Crippen LogP contribution >= 0.6 is 12.4 Å². The summed E-state index contributed by atoms with van der Waals surface area (Å²) in [5.41, 5.74) is 0.815. The van der Waals surface area contributed by atoms with E-state index in [0.29, 0.717) is 19.6 Å². The number of amides is 2. The Balaban J connectivity index is 0.00000300. The van der Waals surface area contributed by atoms with Crippen LogP contribution in [0.15, 0.2) is 18.2 Å². The van der Waals surface area contributed by atoms with Gasteiger partial charge in [0.2, 0.25) is 11.8 Å². The molecule has 1 aromatic rings. The van der Waals surface area contributed by atoms with Crippen molar-refractivity contribution in [2.45, 2.75) is 33.1 Å². The maximum Gasteiger partial charge on any atom is 0.232 e. The predicted octanol–water partition coefficient (Wildman–Crippen LogP) is 2.94. The van der Waals surface area contributed by atoms with Gasteiger partial charge in [-0.25, -0.2) is 4.39 Å². The Bertz CT molecular complexity index is 710. The number of piperazine rings is 1. The molecular weight excluding hydrogens is 397 g/mol. The number of benzene rings is 1. The van der Waals surface area contributed by atoms with E-state index in [2.05, 4.69) is 9.80 Å². The number of imide groups is 1. The van der Waals surface area contributed by atoms with E-state index in [4.69, 9.17) is 4.74 Å². The smallest absolute Gasteiger partial charge is 0.232 e. The lowest BCUT2D eigenvalue weighted by atomic mass is 10.1. The number of likely N-dealkylation sites (tertiary alicyclic amines) is 1. The minimum atomic E-state index is -0.254. The molecule has 0 aromatic heterocycles. The highest BCUT2D eigenvalue weighted by Gasteiger charge is 2.35. The van der Waals surface area contributed by atoms with E-state index in [1.807, 2.05) is 13.8 Å². The molecule has 2 aliphatic heterocycles. The van der Waals surface area contributed by atoms with E-state index >= 15 is 0 Å².